The number of benzene rings is 2. The second-order valence-corrected chi connectivity index (χ2v) is 13.0. The molecule has 0 aromatic heterocycles. The average molecular weight is 631 g/mol. The third kappa shape index (κ3) is 9.16. The molecule has 0 radical (unpaired) electrons. The number of rotatable bonds is 9. The van der Waals surface area contributed by atoms with Gasteiger partial charge in [0.2, 0.25) is 21.8 Å². The van der Waals surface area contributed by atoms with E-state index in [1.165, 1.54) is 17.0 Å². The van der Waals surface area contributed by atoms with E-state index in [0.717, 1.165) is 18.4 Å². The third-order valence-electron chi connectivity index (χ3n) is 5.44. The lowest BCUT2D eigenvalue weighted by molar-refractivity contribution is -0.141. The van der Waals surface area contributed by atoms with Crippen LogP contribution in [0, 0.1) is 0 Å². The second kappa shape index (κ2) is 12.5. The molecule has 0 aliphatic carbocycles. The molecule has 7 nitrogen and oxygen atoms in total. The lowest BCUT2D eigenvalue weighted by Gasteiger charge is -2.34. The van der Waals surface area contributed by atoms with Crippen LogP contribution < -0.4 is 9.62 Å². The molecule has 2 aromatic carbocycles. The van der Waals surface area contributed by atoms with E-state index < -0.39 is 62.4 Å². The van der Waals surface area contributed by atoms with Crippen LogP contribution in [0.1, 0.15) is 45.2 Å². The highest BCUT2D eigenvalue weighted by molar-refractivity contribution is 7.92. The largest absolute Gasteiger partial charge is 0.417 e. The van der Waals surface area contributed by atoms with E-state index in [0.29, 0.717) is 15.9 Å². The standard InChI is InChI=1S/C25H29Cl3F3N3O4S/c1-6-21(23(36)32-24(2,3)4)33(13-15-7-9-19(27)20(28)11-15)22(35)14-34(39(5,37)38)16-8-10-18(26)17(12-16)25(29,30)31/h7-12,21H,6,13-14H2,1-5H3,(H,32,36)/t21-/m0/s1. The number of hydrogen-bond acceptors (Lipinski definition) is 4. The van der Waals surface area contributed by atoms with Crippen molar-refractivity contribution in [3.63, 3.8) is 0 Å². The number of carbonyl (C=O) groups is 2. The summed E-state index contributed by atoms with van der Waals surface area (Å²) in [6.07, 6.45) is -3.94. The van der Waals surface area contributed by atoms with E-state index in [4.69, 9.17) is 34.8 Å². The first-order valence-electron chi connectivity index (χ1n) is 11.6. The smallest absolute Gasteiger partial charge is 0.350 e. The summed E-state index contributed by atoms with van der Waals surface area (Å²) in [6.45, 7) is 5.91. The number of nitrogens with zero attached hydrogens (tertiary/aromatic N) is 2. The van der Waals surface area contributed by atoms with Gasteiger partial charge in [0.15, 0.2) is 0 Å². The van der Waals surface area contributed by atoms with Crippen molar-refractivity contribution in [2.45, 2.75) is 58.4 Å². The van der Waals surface area contributed by atoms with Crippen LogP contribution in [-0.4, -0.2) is 49.5 Å². The molecule has 1 atom stereocenters. The number of carbonyl (C=O) groups excluding carboxylic acids is 2. The lowest BCUT2D eigenvalue weighted by atomic mass is 10.1. The predicted molar refractivity (Wildman–Crippen MR) is 148 cm³/mol. The molecule has 0 heterocycles. The molecular weight excluding hydrogens is 602 g/mol. The first-order chi connectivity index (χ1) is 17.7. The summed E-state index contributed by atoms with van der Waals surface area (Å²) in [5.74, 6) is -1.32. The number of anilines is 1. The van der Waals surface area contributed by atoms with Gasteiger partial charge in [-0.25, -0.2) is 8.42 Å². The second-order valence-electron chi connectivity index (χ2n) is 9.86. The fourth-order valence-electron chi connectivity index (χ4n) is 3.71. The summed E-state index contributed by atoms with van der Waals surface area (Å²) in [5.41, 5.74) is -1.81. The molecule has 0 aliphatic heterocycles. The summed E-state index contributed by atoms with van der Waals surface area (Å²) in [5, 5.41) is 2.65. The van der Waals surface area contributed by atoms with Crippen molar-refractivity contribution in [1.82, 2.24) is 10.2 Å². The van der Waals surface area contributed by atoms with Gasteiger partial charge in [0.05, 0.1) is 32.6 Å². The molecule has 2 aromatic rings. The zero-order chi connectivity index (χ0) is 29.9. The number of nitrogens with one attached hydrogen (secondary N) is 1. The van der Waals surface area contributed by atoms with Gasteiger partial charge in [0.25, 0.3) is 0 Å². The Bertz CT molecular complexity index is 1330. The maximum atomic E-state index is 13.7. The van der Waals surface area contributed by atoms with Crippen LogP contribution in [-0.2, 0) is 32.3 Å². The molecule has 0 saturated heterocycles. The minimum absolute atomic E-state index is 0.155. The molecule has 14 heteroatoms. The van der Waals surface area contributed by atoms with E-state index in [9.17, 15) is 31.2 Å². The number of halogens is 6. The zero-order valence-corrected chi connectivity index (χ0v) is 25.0. The van der Waals surface area contributed by atoms with Crippen LogP contribution >= 0.6 is 34.8 Å². The highest BCUT2D eigenvalue weighted by atomic mass is 35.5. The van der Waals surface area contributed by atoms with Gasteiger partial charge < -0.3 is 10.2 Å². The van der Waals surface area contributed by atoms with Crippen LogP contribution in [0.5, 0.6) is 0 Å². The Labute approximate surface area is 241 Å². The van der Waals surface area contributed by atoms with Gasteiger partial charge in [-0.05, 0) is 63.1 Å². The first kappa shape index (κ1) is 33.0. The molecule has 0 spiro atoms. The highest BCUT2D eigenvalue weighted by Crippen LogP contribution is 2.37. The quantitative estimate of drug-likeness (QED) is 0.360. The maximum absolute atomic E-state index is 13.7. The highest BCUT2D eigenvalue weighted by Gasteiger charge is 2.36. The Morgan fingerprint density at radius 3 is 2.05 bits per heavy atom. The van der Waals surface area contributed by atoms with Gasteiger partial charge in [-0.3, -0.25) is 13.9 Å². The number of sulfonamides is 1. The van der Waals surface area contributed by atoms with Gasteiger partial charge in [-0.1, -0.05) is 47.8 Å². The summed E-state index contributed by atoms with van der Waals surface area (Å²) in [6, 6.07) is 6.09. The van der Waals surface area contributed by atoms with Gasteiger partial charge in [0.1, 0.15) is 12.6 Å². The molecule has 0 fully saturated rings. The molecular formula is C25H29Cl3F3N3O4S. The van der Waals surface area contributed by atoms with Crippen LogP contribution in [0.25, 0.3) is 0 Å². The lowest BCUT2D eigenvalue weighted by Crippen LogP contribution is -2.55. The van der Waals surface area contributed by atoms with Crippen molar-refractivity contribution in [3.8, 4) is 0 Å². The third-order valence-corrected chi connectivity index (χ3v) is 7.65. The summed E-state index contributed by atoms with van der Waals surface area (Å²) >= 11 is 17.8. The predicted octanol–water partition coefficient (Wildman–Crippen LogP) is 6.15. The first-order valence-corrected chi connectivity index (χ1v) is 14.6. The molecule has 216 valence electrons. The Balaban J connectivity index is 2.57. The zero-order valence-electron chi connectivity index (χ0n) is 21.9. The van der Waals surface area contributed by atoms with E-state index >= 15 is 0 Å². The van der Waals surface area contributed by atoms with E-state index in [2.05, 4.69) is 5.32 Å². The number of amides is 2. The van der Waals surface area contributed by atoms with Gasteiger partial charge in [0, 0.05) is 12.1 Å². The van der Waals surface area contributed by atoms with Gasteiger partial charge in [-0.15, -0.1) is 0 Å². The molecule has 39 heavy (non-hydrogen) atoms. The SMILES string of the molecule is CC[C@@H](C(=O)NC(C)(C)C)N(Cc1ccc(Cl)c(Cl)c1)C(=O)CN(c1ccc(Cl)c(C(F)(F)F)c1)S(C)(=O)=O. The molecule has 0 saturated carbocycles. The Hall–Kier alpha value is -2.21. The van der Waals surface area contributed by atoms with Crippen molar-refractivity contribution in [1.29, 1.82) is 0 Å². The van der Waals surface area contributed by atoms with E-state index in [1.807, 2.05) is 0 Å². The minimum atomic E-state index is -4.86. The maximum Gasteiger partial charge on any atom is 0.417 e. The fourth-order valence-corrected chi connectivity index (χ4v) is 5.09. The Morgan fingerprint density at radius 2 is 1.56 bits per heavy atom. The molecule has 1 N–H and O–H groups in total. The monoisotopic (exact) mass is 629 g/mol. The van der Waals surface area contributed by atoms with Crippen molar-refractivity contribution in [2.24, 2.45) is 0 Å². The fraction of sp³-hybridized carbons (Fsp3) is 0.440. The van der Waals surface area contributed by atoms with Gasteiger partial charge >= 0.3 is 6.18 Å². The average Bonchev–Trinajstić information content (AvgIpc) is 2.77. The molecule has 0 aliphatic rings. The van der Waals surface area contributed by atoms with Crippen molar-refractivity contribution >= 4 is 62.3 Å². The van der Waals surface area contributed by atoms with Crippen LogP contribution in [0.3, 0.4) is 0 Å². The summed E-state index contributed by atoms with van der Waals surface area (Å²) in [4.78, 5) is 28.0. The van der Waals surface area contributed by atoms with Crippen molar-refractivity contribution in [2.75, 3.05) is 17.1 Å². The molecule has 2 rings (SSSR count). The molecule has 2 amide bonds. The van der Waals surface area contributed by atoms with Crippen molar-refractivity contribution in [3.05, 3.63) is 62.6 Å². The van der Waals surface area contributed by atoms with Crippen LogP contribution in [0.2, 0.25) is 15.1 Å². The normalized spacial score (nSPS) is 13.1. The Morgan fingerprint density at radius 1 is 0.974 bits per heavy atom. The van der Waals surface area contributed by atoms with Crippen LogP contribution in [0.4, 0.5) is 18.9 Å². The minimum Gasteiger partial charge on any atom is -0.350 e. The molecule has 0 unspecified atom stereocenters. The Kier molecular flexibility index (Phi) is 10.6. The van der Waals surface area contributed by atoms with Gasteiger partial charge in [-0.2, -0.15) is 13.2 Å². The summed E-state index contributed by atoms with van der Waals surface area (Å²) in [7, 11) is -4.25. The van der Waals surface area contributed by atoms with Crippen molar-refractivity contribution < 1.29 is 31.2 Å². The van der Waals surface area contributed by atoms with Crippen LogP contribution in [0.15, 0.2) is 36.4 Å². The topological polar surface area (TPSA) is 86.8 Å². The molecule has 0 bridgehead atoms. The van der Waals surface area contributed by atoms with E-state index in [1.54, 1.807) is 33.8 Å². The van der Waals surface area contributed by atoms with E-state index in [-0.39, 0.29) is 23.0 Å². The number of alkyl halides is 3. The summed E-state index contributed by atoms with van der Waals surface area (Å²) < 4.78 is 66.3. The number of hydrogen-bond donors (Lipinski definition) is 1.